The lowest BCUT2D eigenvalue weighted by atomic mass is 10.2. The molecule has 3 nitrogen and oxygen atoms in total. The van der Waals surface area contributed by atoms with Crippen LogP contribution in [0.2, 0.25) is 0 Å². The van der Waals surface area contributed by atoms with Gasteiger partial charge in [0.2, 0.25) is 0 Å². The first-order chi connectivity index (χ1) is 9.19. The number of nitrogen functional groups attached to an aromatic ring is 1. The van der Waals surface area contributed by atoms with Gasteiger partial charge >= 0.3 is 0 Å². The van der Waals surface area contributed by atoms with E-state index in [1.54, 1.807) is 24.3 Å². The number of anilines is 1. The number of rotatable bonds is 5. The van der Waals surface area contributed by atoms with Gasteiger partial charge in [-0.25, -0.2) is 4.39 Å². The summed E-state index contributed by atoms with van der Waals surface area (Å²) in [6, 6.07) is 11.8. The number of halogens is 1. The molecule has 0 aliphatic carbocycles. The summed E-state index contributed by atoms with van der Waals surface area (Å²) in [5.41, 5.74) is 6.37. The summed E-state index contributed by atoms with van der Waals surface area (Å²) >= 11 is 0. The summed E-state index contributed by atoms with van der Waals surface area (Å²) in [5.74, 6) is 1.10. The van der Waals surface area contributed by atoms with Crippen molar-refractivity contribution in [3.63, 3.8) is 0 Å². The molecular weight excluding hydrogens is 245 g/mol. The first kappa shape index (κ1) is 13.2. The third kappa shape index (κ3) is 3.61. The molecule has 2 aromatic rings. The van der Waals surface area contributed by atoms with Crippen molar-refractivity contribution >= 4 is 5.69 Å². The maximum absolute atomic E-state index is 13.5. The number of ether oxygens (including phenoxy) is 2. The molecular formula is C15H16FNO2. The largest absolute Gasteiger partial charge is 0.494 e. The molecule has 0 saturated heterocycles. The maximum Gasteiger partial charge on any atom is 0.131 e. The fraction of sp³-hybridized carbons (Fsp3) is 0.200. The van der Waals surface area contributed by atoms with E-state index in [4.69, 9.17) is 15.2 Å². The van der Waals surface area contributed by atoms with Crippen LogP contribution in [0.15, 0.2) is 42.5 Å². The number of benzene rings is 2. The highest BCUT2D eigenvalue weighted by atomic mass is 19.1. The third-order valence-electron chi connectivity index (χ3n) is 2.61. The van der Waals surface area contributed by atoms with Crippen LogP contribution in [0.4, 0.5) is 10.1 Å². The second-order valence-electron chi connectivity index (χ2n) is 4.04. The van der Waals surface area contributed by atoms with Crippen molar-refractivity contribution in [1.82, 2.24) is 0 Å². The molecule has 2 rings (SSSR count). The molecule has 0 atom stereocenters. The highest BCUT2D eigenvalue weighted by Crippen LogP contribution is 2.19. The molecule has 0 saturated carbocycles. The zero-order valence-electron chi connectivity index (χ0n) is 10.7. The first-order valence-electron chi connectivity index (χ1n) is 6.08. The standard InChI is InChI=1S/C15H16FNO2/c1-2-18-13-5-7-14(8-6-13)19-10-11-3-4-12(17)9-15(11)16/h3-9H,2,10,17H2,1H3. The predicted molar refractivity (Wildman–Crippen MR) is 72.8 cm³/mol. The second-order valence-corrected chi connectivity index (χ2v) is 4.04. The molecule has 0 fully saturated rings. The molecule has 0 heterocycles. The van der Waals surface area contributed by atoms with E-state index < -0.39 is 0 Å². The maximum atomic E-state index is 13.5. The van der Waals surface area contributed by atoms with Gasteiger partial charge < -0.3 is 15.2 Å². The topological polar surface area (TPSA) is 44.5 Å². The van der Waals surface area contributed by atoms with Crippen molar-refractivity contribution in [2.24, 2.45) is 0 Å². The summed E-state index contributed by atoms with van der Waals surface area (Å²) in [6.07, 6.45) is 0. The summed E-state index contributed by atoms with van der Waals surface area (Å²) in [6.45, 7) is 2.71. The van der Waals surface area contributed by atoms with Gasteiger partial charge in [0.05, 0.1) is 6.61 Å². The van der Waals surface area contributed by atoms with Crippen LogP contribution in [0.5, 0.6) is 11.5 Å². The average molecular weight is 261 g/mol. The lowest BCUT2D eigenvalue weighted by Crippen LogP contribution is -1.99. The lowest BCUT2D eigenvalue weighted by molar-refractivity contribution is 0.298. The first-order valence-corrected chi connectivity index (χ1v) is 6.08. The van der Waals surface area contributed by atoms with Crippen LogP contribution in [-0.2, 0) is 6.61 Å². The quantitative estimate of drug-likeness (QED) is 0.839. The van der Waals surface area contributed by atoms with E-state index in [-0.39, 0.29) is 12.4 Å². The van der Waals surface area contributed by atoms with E-state index in [0.29, 0.717) is 23.6 Å². The molecule has 4 heteroatoms. The third-order valence-corrected chi connectivity index (χ3v) is 2.61. The van der Waals surface area contributed by atoms with Crippen LogP contribution in [0.1, 0.15) is 12.5 Å². The van der Waals surface area contributed by atoms with E-state index in [1.165, 1.54) is 6.07 Å². The average Bonchev–Trinajstić information content (AvgIpc) is 2.40. The minimum atomic E-state index is -0.356. The molecule has 0 aliphatic rings. The molecule has 0 amide bonds. The molecule has 0 radical (unpaired) electrons. The minimum absolute atomic E-state index is 0.167. The van der Waals surface area contributed by atoms with Gasteiger partial charge in [0, 0.05) is 11.3 Å². The van der Waals surface area contributed by atoms with Gasteiger partial charge in [-0.15, -0.1) is 0 Å². The van der Waals surface area contributed by atoms with Crippen LogP contribution < -0.4 is 15.2 Å². The highest BCUT2D eigenvalue weighted by Gasteiger charge is 2.03. The van der Waals surface area contributed by atoms with Gasteiger partial charge in [-0.3, -0.25) is 0 Å². The second kappa shape index (κ2) is 6.09. The van der Waals surface area contributed by atoms with Gasteiger partial charge in [0.15, 0.2) is 0 Å². The molecule has 0 aliphatic heterocycles. The van der Waals surface area contributed by atoms with E-state index >= 15 is 0 Å². The Morgan fingerprint density at radius 3 is 2.21 bits per heavy atom. The van der Waals surface area contributed by atoms with Crippen LogP contribution in [0.25, 0.3) is 0 Å². The fourth-order valence-electron chi connectivity index (χ4n) is 1.64. The Balaban J connectivity index is 1.98. The number of hydrogen-bond donors (Lipinski definition) is 1. The zero-order chi connectivity index (χ0) is 13.7. The van der Waals surface area contributed by atoms with E-state index in [0.717, 1.165) is 5.75 Å². The predicted octanol–water partition coefficient (Wildman–Crippen LogP) is 3.39. The molecule has 100 valence electrons. The van der Waals surface area contributed by atoms with E-state index in [9.17, 15) is 4.39 Å². The SMILES string of the molecule is CCOc1ccc(OCc2ccc(N)cc2F)cc1. The summed E-state index contributed by atoms with van der Waals surface area (Å²) in [4.78, 5) is 0. The Kier molecular flexibility index (Phi) is 4.23. The smallest absolute Gasteiger partial charge is 0.131 e. The minimum Gasteiger partial charge on any atom is -0.494 e. The molecule has 0 bridgehead atoms. The highest BCUT2D eigenvalue weighted by molar-refractivity contribution is 5.40. The van der Waals surface area contributed by atoms with Crippen LogP contribution >= 0.6 is 0 Å². The van der Waals surface area contributed by atoms with Crippen molar-refractivity contribution < 1.29 is 13.9 Å². The van der Waals surface area contributed by atoms with Crippen LogP contribution in [-0.4, -0.2) is 6.61 Å². The van der Waals surface area contributed by atoms with E-state index in [1.807, 2.05) is 19.1 Å². The van der Waals surface area contributed by atoms with Crippen LogP contribution in [0, 0.1) is 5.82 Å². The fourth-order valence-corrected chi connectivity index (χ4v) is 1.64. The Labute approximate surface area is 111 Å². The van der Waals surface area contributed by atoms with Gasteiger partial charge in [0.25, 0.3) is 0 Å². The van der Waals surface area contributed by atoms with Gasteiger partial charge in [-0.2, -0.15) is 0 Å². The molecule has 0 unspecified atom stereocenters. The number of hydrogen-bond acceptors (Lipinski definition) is 3. The molecule has 2 aromatic carbocycles. The lowest BCUT2D eigenvalue weighted by Gasteiger charge is -2.08. The Bertz CT molecular complexity index is 540. The van der Waals surface area contributed by atoms with Gasteiger partial charge in [-0.05, 0) is 43.3 Å². The Morgan fingerprint density at radius 2 is 1.63 bits per heavy atom. The van der Waals surface area contributed by atoms with Crippen molar-refractivity contribution in [2.45, 2.75) is 13.5 Å². The molecule has 0 spiro atoms. The van der Waals surface area contributed by atoms with Crippen molar-refractivity contribution in [3.05, 3.63) is 53.8 Å². The Hall–Kier alpha value is -2.23. The van der Waals surface area contributed by atoms with Gasteiger partial charge in [-0.1, -0.05) is 6.07 Å². The summed E-state index contributed by atoms with van der Waals surface area (Å²) < 4.78 is 24.4. The molecule has 0 aromatic heterocycles. The summed E-state index contributed by atoms with van der Waals surface area (Å²) in [5, 5.41) is 0. The zero-order valence-corrected chi connectivity index (χ0v) is 10.7. The Morgan fingerprint density at radius 1 is 1.00 bits per heavy atom. The normalized spacial score (nSPS) is 10.2. The van der Waals surface area contributed by atoms with Crippen LogP contribution in [0.3, 0.4) is 0 Å². The monoisotopic (exact) mass is 261 g/mol. The van der Waals surface area contributed by atoms with Crippen molar-refractivity contribution in [1.29, 1.82) is 0 Å². The van der Waals surface area contributed by atoms with Crippen molar-refractivity contribution in [2.75, 3.05) is 12.3 Å². The van der Waals surface area contributed by atoms with Gasteiger partial charge in [0.1, 0.15) is 23.9 Å². The van der Waals surface area contributed by atoms with Crippen molar-refractivity contribution in [3.8, 4) is 11.5 Å². The molecule has 19 heavy (non-hydrogen) atoms. The molecule has 2 N–H and O–H groups in total. The van der Waals surface area contributed by atoms with E-state index in [2.05, 4.69) is 0 Å². The number of nitrogens with two attached hydrogens (primary N) is 1. The summed E-state index contributed by atoms with van der Waals surface area (Å²) in [7, 11) is 0.